The van der Waals surface area contributed by atoms with Crippen LogP contribution in [0.3, 0.4) is 0 Å². The van der Waals surface area contributed by atoms with Crippen LogP contribution in [0.15, 0.2) is 55.0 Å². The van der Waals surface area contributed by atoms with E-state index in [1.165, 1.54) is 10.9 Å². The second-order valence-electron chi connectivity index (χ2n) is 8.36. The molecule has 1 aliphatic heterocycles. The van der Waals surface area contributed by atoms with Gasteiger partial charge in [-0.05, 0) is 54.9 Å². The number of carbonyl (C=O) groups is 2. The molecule has 31 heavy (non-hydrogen) atoms. The molecule has 3 aromatic rings. The Kier molecular flexibility index (Phi) is 6.97. The third-order valence-corrected chi connectivity index (χ3v) is 6.24. The summed E-state index contributed by atoms with van der Waals surface area (Å²) in [6.07, 6.45) is 10.2. The third-order valence-electron chi connectivity index (χ3n) is 6.24. The molecule has 1 aliphatic rings. The molecular formula is C25H30N4O2. The molecule has 0 aliphatic carbocycles. The normalized spacial score (nSPS) is 14.6. The molecule has 2 amide bonds. The van der Waals surface area contributed by atoms with E-state index in [-0.39, 0.29) is 11.8 Å². The van der Waals surface area contributed by atoms with Gasteiger partial charge in [-0.3, -0.25) is 14.6 Å². The van der Waals surface area contributed by atoms with Gasteiger partial charge in [0.05, 0.1) is 0 Å². The molecule has 1 aromatic carbocycles. The first kappa shape index (κ1) is 21.1. The van der Waals surface area contributed by atoms with Gasteiger partial charge < -0.3 is 15.2 Å². The minimum atomic E-state index is 0.0843. The molecule has 2 aromatic heterocycles. The number of nitrogens with zero attached hydrogens (tertiary/aromatic N) is 2. The molecule has 4 rings (SSSR count). The van der Waals surface area contributed by atoms with Crippen molar-refractivity contribution in [2.45, 2.75) is 45.1 Å². The topological polar surface area (TPSA) is 78.1 Å². The molecule has 6 heteroatoms. The lowest BCUT2D eigenvalue weighted by Gasteiger charge is -2.32. The maximum atomic E-state index is 12.7. The summed E-state index contributed by atoms with van der Waals surface area (Å²) in [6.45, 7) is 2.12. The van der Waals surface area contributed by atoms with Crippen LogP contribution in [-0.2, 0) is 22.6 Å². The molecule has 2 N–H and O–H groups in total. The Labute approximate surface area is 183 Å². The van der Waals surface area contributed by atoms with Crippen LogP contribution in [0.25, 0.3) is 10.9 Å². The fourth-order valence-corrected chi connectivity index (χ4v) is 4.34. The highest BCUT2D eigenvalue weighted by atomic mass is 16.2. The largest absolute Gasteiger partial charge is 0.361 e. The number of aromatic amines is 1. The quantitative estimate of drug-likeness (QED) is 0.584. The molecule has 6 nitrogen and oxygen atoms in total. The SMILES string of the molecule is O=C(CCC1CCN(C(=O)CCc2c[nH]c3ccccc23)CC1)NCc1cccnc1. The zero-order valence-corrected chi connectivity index (χ0v) is 17.8. The summed E-state index contributed by atoms with van der Waals surface area (Å²) in [4.78, 5) is 34.1. The highest BCUT2D eigenvalue weighted by molar-refractivity contribution is 5.84. The number of fused-ring (bicyclic) bond motifs is 1. The fraction of sp³-hybridized carbons (Fsp3) is 0.400. The van der Waals surface area contributed by atoms with Crippen molar-refractivity contribution in [1.82, 2.24) is 20.2 Å². The van der Waals surface area contributed by atoms with Crippen LogP contribution < -0.4 is 5.32 Å². The molecule has 0 radical (unpaired) electrons. The van der Waals surface area contributed by atoms with Gasteiger partial charge in [0.25, 0.3) is 0 Å². The van der Waals surface area contributed by atoms with Gasteiger partial charge in [0.15, 0.2) is 0 Å². The van der Waals surface area contributed by atoms with Crippen LogP contribution in [0.1, 0.15) is 43.2 Å². The summed E-state index contributed by atoms with van der Waals surface area (Å²) in [5, 5.41) is 4.17. The number of likely N-dealkylation sites (tertiary alicyclic amines) is 1. The van der Waals surface area contributed by atoms with E-state index < -0.39 is 0 Å². The van der Waals surface area contributed by atoms with E-state index in [1.807, 2.05) is 35.4 Å². The second kappa shape index (κ2) is 10.2. The van der Waals surface area contributed by atoms with Gasteiger partial charge in [0.2, 0.25) is 11.8 Å². The standard InChI is InChI=1S/C25H30N4O2/c30-24(28-17-20-4-3-13-26-16-20)9-7-19-11-14-29(15-12-19)25(31)10-8-21-18-27-23-6-2-1-5-22(21)23/h1-6,13,16,18-19,27H,7-12,14-15,17H2,(H,28,30). The molecule has 0 spiro atoms. The number of carbonyl (C=O) groups excluding carboxylic acids is 2. The van der Waals surface area contributed by atoms with Gasteiger partial charge in [-0.25, -0.2) is 0 Å². The Morgan fingerprint density at radius 3 is 2.74 bits per heavy atom. The predicted octanol–water partition coefficient (Wildman–Crippen LogP) is 3.83. The number of nitrogens with one attached hydrogen (secondary N) is 2. The molecule has 1 saturated heterocycles. The summed E-state index contributed by atoms with van der Waals surface area (Å²) < 4.78 is 0. The van der Waals surface area contributed by atoms with Crippen molar-refractivity contribution < 1.29 is 9.59 Å². The number of piperidine rings is 1. The highest BCUT2D eigenvalue weighted by Crippen LogP contribution is 2.23. The number of para-hydroxylation sites is 1. The van der Waals surface area contributed by atoms with Crippen molar-refractivity contribution in [2.75, 3.05) is 13.1 Å². The van der Waals surface area contributed by atoms with Gasteiger partial charge in [0, 0.05) is 62.0 Å². The van der Waals surface area contributed by atoms with Crippen molar-refractivity contribution in [3.8, 4) is 0 Å². The van der Waals surface area contributed by atoms with Crippen molar-refractivity contribution in [2.24, 2.45) is 5.92 Å². The second-order valence-corrected chi connectivity index (χ2v) is 8.36. The summed E-state index contributed by atoms with van der Waals surface area (Å²) in [7, 11) is 0. The highest BCUT2D eigenvalue weighted by Gasteiger charge is 2.23. The Morgan fingerprint density at radius 2 is 1.94 bits per heavy atom. The lowest BCUT2D eigenvalue weighted by Crippen LogP contribution is -2.38. The lowest BCUT2D eigenvalue weighted by molar-refractivity contribution is -0.132. The first-order chi connectivity index (χ1) is 15.2. The van der Waals surface area contributed by atoms with Crippen LogP contribution in [0.4, 0.5) is 0 Å². The number of aromatic nitrogens is 2. The number of amides is 2. The number of rotatable bonds is 8. The van der Waals surface area contributed by atoms with E-state index in [4.69, 9.17) is 0 Å². The smallest absolute Gasteiger partial charge is 0.222 e. The van der Waals surface area contributed by atoms with Crippen LogP contribution in [0, 0.1) is 5.92 Å². The van der Waals surface area contributed by atoms with Gasteiger partial charge in [-0.15, -0.1) is 0 Å². The summed E-state index contributed by atoms with van der Waals surface area (Å²) in [6, 6.07) is 12.0. The molecular weight excluding hydrogens is 388 g/mol. The third kappa shape index (κ3) is 5.72. The summed E-state index contributed by atoms with van der Waals surface area (Å²) >= 11 is 0. The number of H-pyrrole nitrogens is 1. The van der Waals surface area contributed by atoms with Crippen molar-refractivity contribution in [3.63, 3.8) is 0 Å². The van der Waals surface area contributed by atoms with E-state index in [2.05, 4.69) is 27.4 Å². The van der Waals surface area contributed by atoms with Gasteiger partial charge in [-0.1, -0.05) is 24.3 Å². The van der Waals surface area contributed by atoms with Crippen molar-refractivity contribution in [3.05, 3.63) is 66.1 Å². The molecule has 0 bridgehead atoms. The van der Waals surface area contributed by atoms with Gasteiger partial charge in [0.1, 0.15) is 0 Å². The average molecular weight is 419 g/mol. The molecule has 0 saturated carbocycles. The summed E-state index contributed by atoms with van der Waals surface area (Å²) in [5.41, 5.74) is 3.33. The number of hydrogen-bond donors (Lipinski definition) is 2. The summed E-state index contributed by atoms with van der Waals surface area (Å²) in [5.74, 6) is 0.834. The van der Waals surface area contributed by atoms with E-state index in [9.17, 15) is 9.59 Å². The molecule has 1 fully saturated rings. The van der Waals surface area contributed by atoms with Crippen LogP contribution in [0.5, 0.6) is 0 Å². The van der Waals surface area contributed by atoms with Crippen LogP contribution in [0.2, 0.25) is 0 Å². The van der Waals surface area contributed by atoms with Gasteiger partial charge >= 0.3 is 0 Å². The molecule has 3 heterocycles. The Bertz CT molecular complexity index is 1010. The van der Waals surface area contributed by atoms with E-state index in [0.29, 0.717) is 25.3 Å². The number of aryl methyl sites for hydroxylation is 1. The van der Waals surface area contributed by atoms with Crippen molar-refractivity contribution in [1.29, 1.82) is 0 Å². The zero-order chi connectivity index (χ0) is 21.5. The lowest BCUT2D eigenvalue weighted by atomic mass is 9.91. The Morgan fingerprint density at radius 1 is 1.10 bits per heavy atom. The molecule has 0 atom stereocenters. The molecule has 162 valence electrons. The van der Waals surface area contributed by atoms with Gasteiger partial charge in [-0.2, -0.15) is 0 Å². The first-order valence-electron chi connectivity index (χ1n) is 11.2. The minimum absolute atomic E-state index is 0.0843. The average Bonchev–Trinajstić information content (AvgIpc) is 3.24. The predicted molar refractivity (Wildman–Crippen MR) is 121 cm³/mol. The minimum Gasteiger partial charge on any atom is -0.361 e. The van der Waals surface area contributed by atoms with Crippen molar-refractivity contribution >= 4 is 22.7 Å². The molecule has 0 unspecified atom stereocenters. The maximum Gasteiger partial charge on any atom is 0.222 e. The van der Waals surface area contributed by atoms with E-state index >= 15 is 0 Å². The zero-order valence-electron chi connectivity index (χ0n) is 17.8. The Balaban J connectivity index is 1.14. The van der Waals surface area contributed by atoms with Crippen LogP contribution >= 0.6 is 0 Å². The van der Waals surface area contributed by atoms with E-state index in [1.54, 1.807) is 12.4 Å². The maximum absolute atomic E-state index is 12.7. The number of pyridine rings is 1. The Hall–Kier alpha value is -3.15. The fourth-order valence-electron chi connectivity index (χ4n) is 4.34. The monoisotopic (exact) mass is 418 g/mol. The number of hydrogen-bond acceptors (Lipinski definition) is 3. The first-order valence-corrected chi connectivity index (χ1v) is 11.2. The van der Waals surface area contributed by atoms with Crippen LogP contribution in [-0.4, -0.2) is 39.8 Å². The van der Waals surface area contributed by atoms with E-state index in [0.717, 1.165) is 49.9 Å². The number of benzene rings is 1.